The fourth-order valence-corrected chi connectivity index (χ4v) is 3.16. The summed E-state index contributed by atoms with van der Waals surface area (Å²) in [6, 6.07) is 9.69. The zero-order chi connectivity index (χ0) is 20.4. The van der Waals surface area contributed by atoms with Crippen LogP contribution in [0.25, 0.3) is 11.4 Å². The molecule has 3 aromatic rings. The molecule has 29 heavy (non-hydrogen) atoms. The summed E-state index contributed by atoms with van der Waals surface area (Å²) in [4.78, 5) is 16.1. The molecule has 0 radical (unpaired) electrons. The summed E-state index contributed by atoms with van der Waals surface area (Å²) in [7, 11) is 1.34. The zero-order valence-corrected chi connectivity index (χ0v) is 15.4. The van der Waals surface area contributed by atoms with Crippen LogP contribution in [-0.2, 0) is 13.0 Å². The lowest BCUT2D eigenvalue weighted by molar-refractivity contribution is -0.0512. The number of aromatic nitrogens is 2. The van der Waals surface area contributed by atoms with Gasteiger partial charge in [0, 0.05) is 23.1 Å². The molecular formula is C20H16F2N2O5. The van der Waals surface area contributed by atoms with E-state index >= 15 is 0 Å². The van der Waals surface area contributed by atoms with E-state index in [2.05, 4.69) is 14.9 Å². The van der Waals surface area contributed by atoms with E-state index < -0.39 is 6.61 Å². The van der Waals surface area contributed by atoms with E-state index in [1.165, 1.54) is 25.3 Å². The Kier molecular flexibility index (Phi) is 5.11. The first-order valence-electron chi connectivity index (χ1n) is 8.79. The fraction of sp³-hybridized carbons (Fsp3) is 0.250. The predicted molar refractivity (Wildman–Crippen MR) is 96.3 cm³/mol. The molecule has 0 saturated heterocycles. The minimum atomic E-state index is -2.96. The largest absolute Gasteiger partial charge is 0.493 e. The summed E-state index contributed by atoms with van der Waals surface area (Å²) in [6.45, 7) is -2.93. The highest BCUT2D eigenvalue weighted by atomic mass is 19.3. The van der Waals surface area contributed by atoms with Crippen molar-refractivity contribution in [2.75, 3.05) is 7.11 Å². The lowest BCUT2D eigenvalue weighted by atomic mass is 10.1. The normalized spacial score (nSPS) is 12.9. The number of hydrogen-bond acceptors (Lipinski definition) is 7. The van der Waals surface area contributed by atoms with Crippen LogP contribution in [0, 0.1) is 0 Å². The molecule has 0 spiro atoms. The molecule has 0 atom stereocenters. The fourth-order valence-electron chi connectivity index (χ4n) is 3.16. The van der Waals surface area contributed by atoms with Gasteiger partial charge in [-0.3, -0.25) is 4.79 Å². The Balaban J connectivity index is 1.49. The third-order valence-electron chi connectivity index (χ3n) is 4.49. The average Bonchev–Trinajstić information content (AvgIpc) is 3.34. The molecule has 1 aliphatic carbocycles. The molecule has 0 bridgehead atoms. The van der Waals surface area contributed by atoms with Crippen molar-refractivity contribution in [3.63, 3.8) is 0 Å². The number of methoxy groups -OCH3 is 1. The maximum absolute atomic E-state index is 12.4. The van der Waals surface area contributed by atoms with Gasteiger partial charge in [-0.15, -0.1) is 0 Å². The number of carbonyl (C=O) groups excluding carboxylic acids is 1. The number of rotatable bonds is 7. The van der Waals surface area contributed by atoms with Gasteiger partial charge in [0.15, 0.2) is 23.9 Å². The van der Waals surface area contributed by atoms with Crippen molar-refractivity contribution >= 4 is 5.78 Å². The van der Waals surface area contributed by atoms with E-state index in [4.69, 9.17) is 14.0 Å². The molecule has 1 heterocycles. The average molecular weight is 402 g/mol. The summed E-state index contributed by atoms with van der Waals surface area (Å²) in [5.41, 5.74) is 2.08. The van der Waals surface area contributed by atoms with Gasteiger partial charge in [-0.1, -0.05) is 17.3 Å². The van der Waals surface area contributed by atoms with Gasteiger partial charge < -0.3 is 18.7 Å². The zero-order valence-electron chi connectivity index (χ0n) is 15.4. The Morgan fingerprint density at radius 2 is 2.00 bits per heavy atom. The van der Waals surface area contributed by atoms with Gasteiger partial charge in [0.1, 0.15) is 5.75 Å². The van der Waals surface area contributed by atoms with Crippen molar-refractivity contribution in [2.45, 2.75) is 26.1 Å². The number of ether oxygens (including phenoxy) is 3. The van der Waals surface area contributed by atoms with Crippen molar-refractivity contribution in [1.82, 2.24) is 10.1 Å². The molecule has 0 saturated carbocycles. The third kappa shape index (κ3) is 3.89. The van der Waals surface area contributed by atoms with E-state index in [1.807, 2.05) is 0 Å². The van der Waals surface area contributed by atoms with Crippen LogP contribution in [0.2, 0.25) is 0 Å². The summed E-state index contributed by atoms with van der Waals surface area (Å²) in [5, 5.41) is 3.88. The van der Waals surface area contributed by atoms with E-state index in [1.54, 1.807) is 18.2 Å². The first-order valence-corrected chi connectivity index (χ1v) is 8.79. The summed E-state index contributed by atoms with van der Waals surface area (Å²) in [6.07, 6.45) is 1.12. The standard InChI is InChI=1S/C20H16F2N2O5/c1-26-17-9-11(5-8-16(17)28-20(21)22)19-23-18(29-24-19)10-27-15-4-2-3-12-13(15)6-7-14(12)25/h2-5,8-9,20H,6-7,10H2,1H3. The number of Topliss-reactive ketones (excluding diaryl/α,β-unsaturated/α-hetero) is 1. The third-order valence-corrected chi connectivity index (χ3v) is 4.49. The number of ketones is 1. The number of benzene rings is 2. The summed E-state index contributed by atoms with van der Waals surface area (Å²) in [5.74, 6) is 1.23. The first kappa shape index (κ1) is 18.9. The van der Waals surface area contributed by atoms with Crippen LogP contribution in [-0.4, -0.2) is 29.6 Å². The second-order valence-electron chi connectivity index (χ2n) is 6.25. The van der Waals surface area contributed by atoms with Crippen LogP contribution in [0.5, 0.6) is 17.2 Å². The van der Waals surface area contributed by atoms with E-state index in [0.29, 0.717) is 29.7 Å². The smallest absolute Gasteiger partial charge is 0.387 e. The van der Waals surface area contributed by atoms with Gasteiger partial charge in [0.05, 0.1) is 7.11 Å². The molecule has 9 heteroatoms. The van der Waals surface area contributed by atoms with Gasteiger partial charge in [0.2, 0.25) is 5.82 Å². The molecule has 7 nitrogen and oxygen atoms in total. The van der Waals surface area contributed by atoms with E-state index in [0.717, 1.165) is 5.56 Å². The molecule has 1 aromatic heterocycles. The number of fused-ring (bicyclic) bond motifs is 1. The summed E-state index contributed by atoms with van der Waals surface area (Å²) >= 11 is 0. The molecule has 0 N–H and O–H groups in total. The Hall–Kier alpha value is -3.49. The second kappa shape index (κ2) is 7.86. The Labute approximate surface area is 164 Å². The van der Waals surface area contributed by atoms with Crippen LogP contribution in [0.4, 0.5) is 8.78 Å². The molecule has 150 valence electrons. The van der Waals surface area contributed by atoms with Gasteiger partial charge in [-0.05, 0) is 30.7 Å². The first-order chi connectivity index (χ1) is 14.0. The highest BCUT2D eigenvalue weighted by Gasteiger charge is 2.23. The van der Waals surface area contributed by atoms with Gasteiger partial charge >= 0.3 is 6.61 Å². The Morgan fingerprint density at radius 1 is 1.14 bits per heavy atom. The summed E-state index contributed by atoms with van der Waals surface area (Å²) < 4.78 is 45.3. The SMILES string of the molecule is COc1cc(-c2noc(COc3cccc4c3CCC4=O)n2)ccc1OC(F)F. The van der Waals surface area contributed by atoms with E-state index in [9.17, 15) is 13.6 Å². The van der Waals surface area contributed by atoms with Crippen molar-refractivity contribution in [3.05, 3.63) is 53.4 Å². The molecule has 0 fully saturated rings. The minimum Gasteiger partial charge on any atom is -0.493 e. The van der Waals surface area contributed by atoms with Crippen LogP contribution in [0.15, 0.2) is 40.9 Å². The Morgan fingerprint density at radius 3 is 2.79 bits per heavy atom. The van der Waals surface area contributed by atoms with Gasteiger partial charge in [-0.2, -0.15) is 13.8 Å². The lowest BCUT2D eigenvalue weighted by Crippen LogP contribution is -2.03. The maximum Gasteiger partial charge on any atom is 0.387 e. The highest BCUT2D eigenvalue weighted by Crippen LogP contribution is 2.33. The van der Waals surface area contributed by atoms with Crippen LogP contribution in [0.3, 0.4) is 0 Å². The van der Waals surface area contributed by atoms with Crippen LogP contribution in [0.1, 0.15) is 28.2 Å². The van der Waals surface area contributed by atoms with Crippen molar-refractivity contribution in [3.8, 4) is 28.6 Å². The number of alkyl halides is 2. The molecule has 0 unspecified atom stereocenters. The monoisotopic (exact) mass is 402 g/mol. The maximum atomic E-state index is 12.4. The van der Waals surface area contributed by atoms with Crippen LogP contribution >= 0.6 is 0 Å². The molecule has 0 aliphatic heterocycles. The number of carbonyl (C=O) groups is 1. The van der Waals surface area contributed by atoms with Gasteiger partial charge in [0.25, 0.3) is 5.89 Å². The number of nitrogens with zero attached hydrogens (tertiary/aromatic N) is 2. The van der Waals surface area contributed by atoms with Crippen molar-refractivity contribution in [2.24, 2.45) is 0 Å². The number of halogens is 2. The predicted octanol–water partition coefficient (Wildman–Crippen LogP) is 4.05. The van der Waals surface area contributed by atoms with Crippen molar-refractivity contribution in [1.29, 1.82) is 0 Å². The molecular weight excluding hydrogens is 386 g/mol. The van der Waals surface area contributed by atoms with Crippen LogP contribution < -0.4 is 14.2 Å². The topological polar surface area (TPSA) is 83.7 Å². The molecule has 1 aliphatic rings. The van der Waals surface area contributed by atoms with Gasteiger partial charge in [-0.25, -0.2) is 0 Å². The quantitative estimate of drug-likeness (QED) is 0.589. The van der Waals surface area contributed by atoms with Crippen molar-refractivity contribution < 1.29 is 32.3 Å². The van der Waals surface area contributed by atoms with E-state index in [-0.39, 0.29) is 35.6 Å². The Bertz CT molecular complexity index is 1050. The lowest BCUT2D eigenvalue weighted by Gasteiger charge is -2.10. The molecule has 0 amide bonds. The second-order valence-corrected chi connectivity index (χ2v) is 6.25. The minimum absolute atomic E-state index is 0.0291. The molecule has 4 rings (SSSR count). The molecule has 2 aromatic carbocycles. The number of hydrogen-bond donors (Lipinski definition) is 0. The highest BCUT2D eigenvalue weighted by molar-refractivity contribution is 6.01.